The molecule has 2 fully saturated rings. The van der Waals surface area contributed by atoms with Crippen LogP contribution in [0.1, 0.15) is 59.1 Å². The molecule has 1 N–H and O–H groups in total. The van der Waals surface area contributed by atoms with Crippen LogP contribution in [-0.4, -0.2) is 53.3 Å². The third kappa shape index (κ3) is 4.46. The van der Waals surface area contributed by atoms with E-state index in [9.17, 15) is 9.59 Å². The zero-order chi connectivity index (χ0) is 21.3. The van der Waals surface area contributed by atoms with Crippen LogP contribution in [-0.2, 0) is 9.59 Å². The van der Waals surface area contributed by atoms with Gasteiger partial charge in [-0.2, -0.15) is 0 Å². The average molecular weight is 420 g/mol. The van der Waals surface area contributed by atoms with E-state index in [1.807, 2.05) is 30.9 Å². The van der Waals surface area contributed by atoms with Crippen LogP contribution in [0.5, 0.6) is 0 Å². The minimum Gasteiger partial charge on any atom is -0.344 e. The molecule has 1 aromatic carbocycles. The zero-order valence-corrected chi connectivity index (χ0v) is 19.0. The number of nitrogens with zero attached hydrogens (tertiary/aromatic N) is 2. The number of amides is 2. The lowest BCUT2D eigenvalue weighted by Gasteiger charge is -2.62. The standard InChI is InChI=1S/C23H34ClN3O2/c1-15(2)20(25-17(5)28)22(29)26-12-10-23(11-13-26)14-27(16(3)4)21(23)18-6-8-19(24)9-7-18/h6-9,15-16,20-21H,10-14H2,1-5H3,(H,25,28). The molecule has 0 bridgehead atoms. The summed E-state index contributed by atoms with van der Waals surface area (Å²) in [6.07, 6.45) is 1.97. The molecule has 1 spiro atoms. The molecule has 1 aromatic rings. The summed E-state index contributed by atoms with van der Waals surface area (Å²) < 4.78 is 0. The fourth-order valence-corrected chi connectivity index (χ4v) is 5.11. The molecule has 3 rings (SSSR count). The second-order valence-corrected chi connectivity index (χ2v) is 9.77. The van der Waals surface area contributed by atoms with Crippen molar-refractivity contribution < 1.29 is 9.59 Å². The van der Waals surface area contributed by atoms with Crippen molar-refractivity contribution in [3.05, 3.63) is 34.9 Å². The number of benzene rings is 1. The first-order valence-corrected chi connectivity index (χ1v) is 11.1. The van der Waals surface area contributed by atoms with Crippen molar-refractivity contribution in [1.82, 2.24) is 15.1 Å². The quantitative estimate of drug-likeness (QED) is 0.788. The van der Waals surface area contributed by atoms with Crippen LogP contribution in [0.3, 0.4) is 0 Å². The van der Waals surface area contributed by atoms with Gasteiger partial charge >= 0.3 is 0 Å². The Morgan fingerprint density at radius 2 is 1.69 bits per heavy atom. The Morgan fingerprint density at radius 3 is 2.17 bits per heavy atom. The number of carbonyl (C=O) groups is 2. The number of hydrogen-bond acceptors (Lipinski definition) is 3. The Morgan fingerprint density at radius 1 is 1.10 bits per heavy atom. The summed E-state index contributed by atoms with van der Waals surface area (Å²) in [6, 6.07) is 8.64. The highest BCUT2D eigenvalue weighted by atomic mass is 35.5. The summed E-state index contributed by atoms with van der Waals surface area (Å²) in [5.74, 6) is -0.0303. The first-order valence-electron chi connectivity index (χ1n) is 10.7. The van der Waals surface area contributed by atoms with Gasteiger partial charge in [0.2, 0.25) is 11.8 Å². The van der Waals surface area contributed by atoms with E-state index in [1.165, 1.54) is 12.5 Å². The van der Waals surface area contributed by atoms with Gasteiger partial charge in [0.05, 0.1) is 0 Å². The number of halogens is 1. The Balaban J connectivity index is 1.73. The van der Waals surface area contributed by atoms with Crippen molar-refractivity contribution in [2.24, 2.45) is 11.3 Å². The minimum atomic E-state index is -0.442. The van der Waals surface area contributed by atoms with E-state index in [1.54, 1.807) is 0 Å². The zero-order valence-electron chi connectivity index (χ0n) is 18.2. The highest BCUT2D eigenvalue weighted by Crippen LogP contribution is 2.55. The summed E-state index contributed by atoms with van der Waals surface area (Å²) in [4.78, 5) is 29.1. The molecule has 2 saturated heterocycles. The van der Waals surface area contributed by atoms with Crippen LogP contribution < -0.4 is 5.32 Å². The van der Waals surface area contributed by atoms with E-state index in [2.05, 4.69) is 36.2 Å². The topological polar surface area (TPSA) is 52.7 Å². The second-order valence-electron chi connectivity index (χ2n) is 9.33. The molecular formula is C23H34ClN3O2. The molecule has 6 heteroatoms. The van der Waals surface area contributed by atoms with Crippen LogP contribution in [0.15, 0.2) is 24.3 Å². The summed E-state index contributed by atoms with van der Waals surface area (Å²) in [5, 5.41) is 3.60. The SMILES string of the molecule is CC(=O)NC(C(=O)N1CCC2(CC1)CN(C(C)C)C2c1ccc(Cl)cc1)C(C)C. The van der Waals surface area contributed by atoms with Gasteiger partial charge in [-0.1, -0.05) is 37.6 Å². The molecule has 29 heavy (non-hydrogen) atoms. The lowest BCUT2D eigenvalue weighted by molar-refractivity contribution is -0.151. The van der Waals surface area contributed by atoms with Crippen molar-refractivity contribution >= 4 is 23.4 Å². The van der Waals surface area contributed by atoms with Gasteiger partial charge in [0.1, 0.15) is 6.04 Å². The molecule has 160 valence electrons. The van der Waals surface area contributed by atoms with E-state index < -0.39 is 6.04 Å². The van der Waals surface area contributed by atoms with Crippen molar-refractivity contribution in [3.8, 4) is 0 Å². The minimum absolute atomic E-state index is 0.0492. The Labute approximate surface area is 179 Å². The molecule has 0 radical (unpaired) electrons. The number of piperidine rings is 1. The molecule has 0 saturated carbocycles. The first-order chi connectivity index (χ1) is 13.6. The van der Waals surface area contributed by atoms with Gasteiger partial charge in [-0.05, 0) is 50.3 Å². The lowest BCUT2D eigenvalue weighted by Crippen LogP contribution is -2.65. The van der Waals surface area contributed by atoms with E-state index in [4.69, 9.17) is 11.6 Å². The molecule has 2 aliphatic heterocycles. The van der Waals surface area contributed by atoms with Gasteiger partial charge in [-0.15, -0.1) is 0 Å². The molecule has 2 unspecified atom stereocenters. The summed E-state index contributed by atoms with van der Waals surface area (Å²) in [5.41, 5.74) is 1.52. The Bertz CT molecular complexity index is 739. The summed E-state index contributed by atoms with van der Waals surface area (Å²) in [6.45, 7) is 12.5. The molecule has 2 heterocycles. The van der Waals surface area contributed by atoms with Crippen LogP contribution in [0.25, 0.3) is 0 Å². The van der Waals surface area contributed by atoms with Crippen molar-refractivity contribution in [2.45, 2.75) is 65.6 Å². The van der Waals surface area contributed by atoms with E-state index >= 15 is 0 Å². The van der Waals surface area contributed by atoms with E-state index in [-0.39, 0.29) is 23.1 Å². The maximum absolute atomic E-state index is 13.0. The Hall–Kier alpha value is -1.59. The fourth-order valence-electron chi connectivity index (χ4n) is 4.98. The summed E-state index contributed by atoms with van der Waals surface area (Å²) >= 11 is 6.11. The number of nitrogens with one attached hydrogen (secondary N) is 1. The highest BCUT2D eigenvalue weighted by molar-refractivity contribution is 6.30. The first kappa shape index (κ1) is 22.1. The smallest absolute Gasteiger partial charge is 0.245 e. The fraction of sp³-hybridized carbons (Fsp3) is 0.652. The third-order valence-corrected chi connectivity index (χ3v) is 6.87. The molecule has 0 aliphatic carbocycles. The number of rotatable bonds is 5. The van der Waals surface area contributed by atoms with E-state index in [0.717, 1.165) is 37.5 Å². The molecule has 2 atom stereocenters. The molecule has 5 nitrogen and oxygen atoms in total. The van der Waals surface area contributed by atoms with E-state index in [0.29, 0.717) is 12.1 Å². The van der Waals surface area contributed by atoms with Crippen molar-refractivity contribution in [1.29, 1.82) is 0 Å². The van der Waals surface area contributed by atoms with Crippen LogP contribution in [0.4, 0.5) is 0 Å². The molecule has 2 aliphatic rings. The van der Waals surface area contributed by atoms with Gasteiger partial charge in [0.25, 0.3) is 0 Å². The third-order valence-electron chi connectivity index (χ3n) is 6.62. The highest BCUT2D eigenvalue weighted by Gasteiger charge is 2.55. The number of likely N-dealkylation sites (tertiary alicyclic amines) is 2. The Kier molecular flexibility index (Phi) is 6.59. The number of hydrogen-bond donors (Lipinski definition) is 1. The normalized spacial score (nSPS) is 22.6. The monoisotopic (exact) mass is 419 g/mol. The van der Waals surface area contributed by atoms with Gasteiger partial charge in [0.15, 0.2) is 0 Å². The molecule has 0 aromatic heterocycles. The maximum Gasteiger partial charge on any atom is 0.245 e. The van der Waals surface area contributed by atoms with Crippen LogP contribution in [0, 0.1) is 11.3 Å². The largest absolute Gasteiger partial charge is 0.344 e. The molecular weight excluding hydrogens is 386 g/mol. The van der Waals surface area contributed by atoms with Gasteiger partial charge in [-0.25, -0.2) is 0 Å². The average Bonchev–Trinajstić information content (AvgIpc) is 2.65. The lowest BCUT2D eigenvalue weighted by atomic mass is 9.62. The van der Waals surface area contributed by atoms with Crippen molar-refractivity contribution in [3.63, 3.8) is 0 Å². The van der Waals surface area contributed by atoms with Gasteiger partial charge < -0.3 is 10.2 Å². The van der Waals surface area contributed by atoms with Gasteiger partial charge in [-0.3, -0.25) is 14.5 Å². The predicted molar refractivity (Wildman–Crippen MR) is 117 cm³/mol. The van der Waals surface area contributed by atoms with Gasteiger partial charge in [0, 0.05) is 49.1 Å². The summed E-state index contributed by atoms with van der Waals surface area (Å²) in [7, 11) is 0. The second kappa shape index (κ2) is 8.65. The maximum atomic E-state index is 13.0. The molecule has 2 amide bonds. The van der Waals surface area contributed by atoms with Crippen molar-refractivity contribution in [2.75, 3.05) is 19.6 Å². The van der Waals surface area contributed by atoms with Crippen LogP contribution >= 0.6 is 11.6 Å². The predicted octanol–water partition coefficient (Wildman–Crippen LogP) is 3.87. The van der Waals surface area contributed by atoms with Crippen LogP contribution in [0.2, 0.25) is 5.02 Å². The number of carbonyl (C=O) groups excluding carboxylic acids is 2.